The Morgan fingerprint density at radius 1 is 1.27 bits per heavy atom. The predicted molar refractivity (Wildman–Crippen MR) is 113 cm³/mol. The predicted octanol–water partition coefficient (Wildman–Crippen LogP) is 0.652. The number of nitrogens with zero attached hydrogens (tertiary/aromatic N) is 2. The normalized spacial score (nSPS) is 16.7. The zero-order chi connectivity index (χ0) is 21.7. The van der Waals surface area contributed by atoms with Crippen molar-refractivity contribution in [2.45, 2.75) is 38.7 Å². The van der Waals surface area contributed by atoms with Crippen molar-refractivity contribution in [1.82, 2.24) is 15.6 Å². The van der Waals surface area contributed by atoms with Crippen molar-refractivity contribution in [1.29, 1.82) is 0 Å². The molecule has 0 aliphatic carbocycles. The first kappa shape index (κ1) is 21.7. The maximum absolute atomic E-state index is 12.6. The van der Waals surface area contributed by atoms with Crippen molar-refractivity contribution in [2.24, 2.45) is 11.1 Å². The van der Waals surface area contributed by atoms with E-state index in [0.29, 0.717) is 17.7 Å². The number of aromatic nitrogens is 1. The number of hydrogen-bond donors (Lipinski definition) is 4. The molecule has 0 bridgehead atoms. The minimum atomic E-state index is -1.66. The third-order valence-electron chi connectivity index (χ3n) is 4.78. The van der Waals surface area contributed by atoms with Gasteiger partial charge >= 0.3 is 7.12 Å². The van der Waals surface area contributed by atoms with Gasteiger partial charge in [-0.1, -0.05) is 31.1 Å². The number of fused-ring (bicyclic) bond motifs is 1. The van der Waals surface area contributed by atoms with Crippen LogP contribution in [-0.2, 0) is 9.63 Å². The van der Waals surface area contributed by atoms with Crippen molar-refractivity contribution in [3.63, 3.8) is 0 Å². The van der Waals surface area contributed by atoms with Crippen LogP contribution in [-0.4, -0.2) is 58.3 Å². The third kappa shape index (κ3) is 5.34. The molecule has 1 aliphatic rings. The van der Waals surface area contributed by atoms with Crippen LogP contribution in [0.25, 0.3) is 10.9 Å². The standard InChI is InChI=1S/C20H25BN4O5/c1-12(2)9-18(21(28)29)24-20(27)17-10-13(25-30-17)11-23-19(26)15-5-3-7-16-14(15)6-4-8-22-16/h3-8,12,17-18,28-29H,9-11H2,1-2H3,(H,23,26)(H,24,27)/t17?,18-/m0/s1. The van der Waals surface area contributed by atoms with Crippen LogP contribution in [0.3, 0.4) is 0 Å². The Morgan fingerprint density at radius 3 is 2.80 bits per heavy atom. The summed E-state index contributed by atoms with van der Waals surface area (Å²) >= 11 is 0. The largest absolute Gasteiger partial charge is 0.475 e. The van der Waals surface area contributed by atoms with Crippen LogP contribution in [0.5, 0.6) is 0 Å². The number of nitrogens with one attached hydrogen (secondary N) is 2. The number of benzene rings is 1. The molecule has 1 aromatic heterocycles. The van der Waals surface area contributed by atoms with Gasteiger partial charge in [0.1, 0.15) is 0 Å². The van der Waals surface area contributed by atoms with E-state index in [4.69, 9.17) is 4.84 Å². The first-order valence-corrected chi connectivity index (χ1v) is 9.85. The zero-order valence-corrected chi connectivity index (χ0v) is 16.9. The summed E-state index contributed by atoms with van der Waals surface area (Å²) in [5, 5.41) is 28.9. The van der Waals surface area contributed by atoms with Crippen molar-refractivity contribution in [3.8, 4) is 0 Å². The summed E-state index contributed by atoms with van der Waals surface area (Å²) in [4.78, 5) is 34.4. The summed E-state index contributed by atoms with van der Waals surface area (Å²) < 4.78 is 0. The van der Waals surface area contributed by atoms with E-state index in [9.17, 15) is 19.6 Å². The van der Waals surface area contributed by atoms with E-state index in [1.165, 1.54) is 0 Å². The maximum Gasteiger partial charge on any atom is 0.475 e. The van der Waals surface area contributed by atoms with E-state index in [2.05, 4.69) is 20.8 Å². The van der Waals surface area contributed by atoms with Crippen molar-refractivity contribution < 1.29 is 24.5 Å². The Labute approximate surface area is 174 Å². The highest BCUT2D eigenvalue weighted by Crippen LogP contribution is 2.17. The molecule has 158 valence electrons. The second-order valence-corrected chi connectivity index (χ2v) is 7.67. The van der Waals surface area contributed by atoms with Crippen molar-refractivity contribution in [3.05, 3.63) is 42.1 Å². The molecule has 0 radical (unpaired) electrons. The average Bonchev–Trinajstić information content (AvgIpc) is 3.20. The molecule has 9 nitrogen and oxygen atoms in total. The van der Waals surface area contributed by atoms with E-state index in [0.717, 1.165) is 10.9 Å². The topological polar surface area (TPSA) is 133 Å². The van der Waals surface area contributed by atoms with Gasteiger partial charge in [0.2, 0.25) is 6.10 Å². The molecule has 0 spiro atoms. The molecule has 2 heterocycles. The minimum Gasteiger partial charge on any atom is -0.426 e. The lowest BCUT2D eigenvalue weighted by molar-refractivity contribution is -0.131. The highest BCUT2D eigenvalue weighted by molar-refractivity contribution is 6.43. The number of amides is 2. The summed E-state index contributed by atoms with van der Waals surface area (Å²) in [6.07, 6.45) is 1.42. The first-order chi connectivity index (χ1) is 14.3. The number of carbonyl (C=O) groups is 2. The molecule has 0 saturated carbocycles. The van der Waals surface area contributed by atoms with Gasteiger partial charge in [-0.2, -0.15) is 0 Å². The monoisotopic (exact) mass is 412 g/mol. The molecule has 30 heavy (non-hydrogen) atoms. The molecule has 1 unspecified atom stereocenters. The molecule has 4 N–H and O–H groups in total. The Kier molecular flexibility index (Phi) is 7.01. The Hall–Kier alpha value is -2.98. The molecular formula is C20H25BN4O5. The lowest BCUT2D eigenvalue weighted by Gasteiger charge is -2.20. The van der Waals surface area contributed by atoms with Crippen LogP contribution in [0.15, 0.2) is 41.7 Å². The fraction of sp³-hybridized carbons (Fsp3) is 0.400. The molecule has 2 aromatic rings. The van der Waals surface area contributed by atoms with Crippen LogP contribution in [0.1, 0.15) is 37.0 Å². The van der Waals surface area contributed by atoms with Gasteiger partial charge < -0.3 is 25.5 Å². The van der Waals surface area contributed by atoms with Gasteiger partial charge in [-0.25, -0.2) is 0 Å². The lowest BCUT2D eigenvalue weighted by atomic mass is 9.75. The van der Waals surface area contributed by atoms with E-state index < -0.39 is 25.1 Å². The maximum atomic E-state index is 12.6. The van der Waals surface area contributed by atoms with Crippen LogP contribution in [0.2, 0.25) is 0 Å². The molecule has 10 heteroatoms. The summed E-state index contributed by atoms with van der Waals surface area (Å²) in [5.41, 5.74) is 1.75. The minimum absolute atomic E-state index is 0.136. The molecule has 2 amide bonds. The van der Waals surface area contributed by atoms with Gasteiger partial charge in [-0.05, 0) is 30.5 Å². The van der Waals surface area contributed by atoms with Gasteiger partial charge in [-0.15, -0.1) is 0 Å². The second-order valence-electron chi connectivity index (χ2n) is 7.67. The number of oxime groups is 1. The number of hydrogen-bond acceptors (Lipinski definition) is 7. The zero-order valence-electron chi connectivity index (χ0n) is 16.9. The highest BCUT2D eigenvalue weighted by Gasteiger charge is 2.33. The van der Waals surface area contributed by atoms with E-state index in [-0.39, 0.29) is 24.8 Å². The van der Waals surface area contributed by atoms with Gasteiger partial charge in [-0.3, -0.25) is 14.6 Å². The number of pyridine rings is 1. The van der Waals surface area contributed by atoms with Crippen LogP contribution < -0.4 is 10.6 Å². The van der Waals surface area contributed by atoms with Crippen molar-refractivity contribution >= 4 is 35.5 Å². The molecule has 0 saturated heterocycles. The summed E-state index contributed by atoms with van der Waals surface area (Å²) in [7, 11) is -1.66. The number of rotatable bonds is 8. The smallest absolute Gasteiger partial charge is 0.426 e. The summed E-state index contributed by atoms with van der Waals surface area (Å²) in [6, 6.07) is 8.92. The van der Waals surface area contributed by atoms with Gasteiger partial charge in [0.25, 0.3) is 11.8 Å². The van der Waals surface area contributed by atoms with Gasteiger partial charge in [0, 0.05) is 23.6 Å². The highest BCUT2D eigenvalue weighted by atomic mass is 16.6. The van der Waals surface area contributed by atoms with Crippen LogP contribution in [0, 0.1) is 5.92 Å². The Morgan fingerprint density at radius 2 is 2.07 bits per heavy atom. The van der Waals surface area contributed by atoms with E-state index >= 15 is 0 Å². The molecule has 3 rings (SSSR count). The van der Waals surface area contributed by atoms with E-state index in [1.807, 2.05) is 26.0 Å². The summed E-state index contributed by atoms with van der Waals surface area (Å²) in [6.45, 7) is 3.98. The lowest BCUT2D eigenvalue weighted by Crippen LogP contribution is -2.50. The molecular weight excluding hydrogens is 387 g/mol. The third-order valence-corrected chi connectivity index (χ3v) is 4.78. The Balaban J connectivity index is 1.53. The SMILES string of the molecule is CC(C)C[C@H](NC(=O)C1CC(CNC(=O)c2cccc3ncccc23)=NO1)B(O)O. The van der Waals surface area contributed by atoms with Crippen LogP contribution in [0.4, 0.5) is 0 Å². The van der Waals surface area contributed by atoms with Gasteiger partial charge in [0.15, 0.2) is 0 Å². The van der Waals surface area contributed by atoms with E-state index in [1.54, 1.807) is 24.4 Å². The van der Waals surface area contributed by atoms with Crippen molar-refractivity contribution in [2.75, 3.05) is 6.54 Å². The fourth-order valence-corrected chi connectivity index (χ4v) is 3.29. The molecule has 1 aromatic carbocycles. The average molecular weight is 412 g/mol. The second kappa shape index (κ2) is 9.68. The molecule has 1 aliphatic heterocycles. The van der Waals surface area contributed by atoms with Gasteiger partial charge in [0.05, 0.1) is 23.7 Å². The Bertz CT molecular complexity index is 944. The molecule has 0 fully saturated rings. The van der Waals surface area contributed by atoms with Crippen LogP contribution >= 0.6 is 0 Å². The summed E-state index contributed by atoms with van der Waals surface area (Å²) in [5.74, 6) is -1.36. The number of carbonyl (C=O) groups excluding carboxylic acids is 2. The fourth-order valence-electron chi connectivity index (χ4n) is 3.29. The quantitative estimate of drug-likeness (QED) is 0.471. The molecule has 2 atom stereocenters. The first-order valence-electron chi connectivity index (χ1n) is 9.85.